The lowest BCUT2D eigenvalue weighted by atomic mass is 10.0. The molecule has 0 bridgehead atoms. The van der Waals surface area contributed by atoms with E-state index in [0.717, 1.165) is 41.3 Å². The van der Waals surface area contributed by atoms with Crippen LogP contribution < -0.4 is 4.74 Å². The fourth-order valence-electron chi connectivity index (χ4n) is 3.46. The lowest BCUT2D eigenvalue weighted by Gasteiger charge is -2.31. The first-order chi connectivity index (χ1) is 13.5. The lowest BCUT2D eigenvalue weighted by Crippen LogP contribution is -2.32. The first-order valence-electron chi connectivity index (χ1n) is 9.14. The highest BCUT2D eigenvalue weighted by molar-refractivity contribution is 5.65. The predicted octanol–water partition coefficient (Wildman–Crippen LogP) is 4.54. The Morgan fingerprint density at radius 1 is 1.11 bits per heavy atom. The summed E-state index contributed by atoms with van der Waals surface area (Å²) in [7, 11) is 0. The number of aryl methyl sites for hydroxylation is 1. The van der Waals surface area contributed by atoms with Crippen molar-refractivity contribution in [2.45, 2.75) is 26.6 Å². The van der Waals surface area contributed by atoms with Crippen molar-refractivity contribution < 1.29 is 13.5 Å². The van der Waals surface area contributed by atoms with Crippen molar-refractivity contribution in [1.82, 2.24) is 14.7 Å². The van der Waals surface area contributed by atoms with Crippen molar-refractivity contribution in [2.24, 2.45) is 0 Å². The maximum atomic E-state index is 13.4. The highest BCUT2D eigenvalue weighted by atomic mass is 19.1. The normalized spacial score (nSPS) is 13.3. The van der Waals surface area contributed by atoms with E-state index in [1.54, 1.807) is 18.2 Å². The van der Waals surface area contributed by atoms with E-state index in [9.17, 15) is 8.78 Å². The average Bonchev–Trinajstić information content (AvgIpc) is 3.08. The molecule has 1 aliphatic rings. The van der Waals surface area contributed by atoms with Crippen LogP contribution in [0.25, 0.3) is 5.70 Å². The summed E-state index contributed by atoms with van der Waals surface area (Å²) >= 11 is 0. The van der Waals surface area contributed by atoms with E-state index >= 15 is 0 Å². The molecule has 0 N–H and O–H groups in total. The SMILES string of the molecule is C=C(c1ccc(F)cc1C)N1CCn2nc(COc3cccc(F)c3)cc2C1. The number of hydrogen-bond donors (Lipinski definition) is 0. The maximum Gasteiger partial charge on any atom is 0.132 e. The molecule has 144 valence electrons. The number of rotatable bonds is 5. The van der Waals surface area contributed by atoms with Crippen LogP contribution in [0.15, 0.2) is 55.1 Å². The summed E-state index contributed by atoms with van der Waals surface area (Å²) in [6.45, 7) is 8.56. The molecule has 0 saturated carbocycles. The molecule has 0 unspecified atom stereocenters. The van der Waals surface area contributed by atoms with Gasteiger partial charge in [-0.2, -0.15) is 5.10 Å². The molecule has 0 spiro atoms. The van der Waals surface area contributed by atoms with E-state index in [1.807, 2.05) is 17.7 Å². The van der Waals surface area contributed by atoms with Gasteiger partial charge in [0.2, 0.25) is 0 Å². The number of nitrogens with zero attached hydrogens (tertiary/aromatic N) is 3. The third-order valence-electron chi connectivity index (χ3n) is 4.91. The topological polar surface area (TPSA) is 30.3 Å². The molecule has 0 radical (unpaired) electrons. The maximum absolute atomic E-state index is 13.4. The van der Waals surface area contributed by atoms with Crippen LogP contribution in [0, 0.1) is 18.6 Å². The average molecular weight is 381 g/mol. The Morgan fingerprint density at radius 2 is 1.93 bits per heavy atom. The first-order valence-corrected chi connectivity index (χ1v) is 9.14. The van der Waals surface area contributed by atoms with Crippen molar-refractivity contribution >= 4 is 5.70 Å². The van der Waals surface area contributed by atoms with Gasteiger partial charge < -0.3 is 9.64 Å². The Kier molecular flexibility index (Phi) is 4.86. The van der Waals surface area contributed by atoms with Crippen molar-refractivity contribution in [1.29, 1.82) is 0 Å². The Bertz CT molecular complexity index is 1030. The number of benzene rings is 2. The minimum atomic E-state index is -0.327. The van der Waals surface area contributed by atoms with Crippen LogP contribution in [0.3, 0.4) is 0 Å². The van der Waals surface area contributed by atoms with E-state index < -0.39 is 0 Å². The second kappa shape index (κ2) is 7.46. The molecule has 1 aliphatic heterocycles. The van der Waals surface area contributed by atoms with E-state index in [-0.39, 0.29) is 18.2 Å². The van der Waals surface area contributed by atoms with E-state index in [2.05, 4.69) is 16.6 Å². The van der Waals surface area contributed by atoms with Crippen LogP contribution in [0.2, 0.25) is 0 Å². The minimum absolute atomic E-state index is 0.242. The fourth-order valence-corrected chi connectivity index (χ4v) is 3.46. The van der Waals surface area contributed by atoms with Gasteiger partial charge in [0.25, 0.3) is 0 Å². The molecule has 2 heterocycles. The van der Waals surface area contributed by atoms with Crippen LogP contribution in [0.4, 0.5) is 8.78 Å². The van der Waals surface area contributed by atoms with Gasteiger partial charge >= 0.3 is 0 Å². The highest BCUT2D eigenvalue weighted by Gasteiger charge is 2.21. The Labute approximate surface area is 162 Å². The number of hydrogen-bond acceptors (Lipinski definition) is 3. The third-order valence-corrected chi connectivity index (χ3v) is 4.91. The molecular weight excluding hydrogens is 360 g/mol. The van der Waals surface area contributed by atoms with Crippen molar-refractivity contribution in [3.8, 4) is 5.75 Å². The monoisotopic (exact) mass is 381 g/mol. The van der Waals surface area contributed by atoms with Gasteiger partial charge in [-0.1, -0.05) is 12.6 Å². The standard InChI is InChI=1S/C22H21F2N3O/c1-15-10-18(24)6-7-22(15)16(2)26-8-9-27-20(13-26)12-19(25-27)14-28-21-5-3-4-17(23)11-21/h3-7,10-12H,2,8-9,13-14H2,1H3. The molecule has 0 amide bonds. The molecule has 1 aromatic heterocycles. The quantitative estimate of drug-likeness (QED) is 0.650. The van der Waals surface area contributed by atoms with Gasteiger partial charge in [0.05, 0.1) is 18.8 Å². The summed E-state index contributed by atoms with van der Waals surface area (Å²) in [5.41, 5.74) is 4.55. The predicted molar refractivity (Wildman–Crippen MR) is 104 cm³/mol. The Morgan fingerprint density at radius 3 is 2.71 bits per heavy atom. The van der Waals surface area contributed by atoms with Gasteiger partial charge in [-0.3, -0.25) is 4.68 Å². The molecule has 0 fully saturated rings. The van der Waals surface area contributed by atoms with Crippen LogP contribution >= 0.6 is 0 Å². The van der Waals surface area contributed by atoms with Crippen LogP contribution in [-0.4, -0.2) is 21.2 Å². The summed E-state index contributed by atoms with van der Waals surface area (Å²) < 4.78 is 34.2. The third kappa shape index (κ3) is 3.76. The summed E-state index contributed by atoms with van der Waals surface area (Å²) in [6, 6.07) is 12.8. The molecule has 0 atom stereocenters. The summed E-state index contributed by atoms with van der Waals surface area (Å²) in [5.74, 6) is -0.0895. The number of halogens is 2. The zero-order valence-electron chi connectivity index (χ0n) is 15.7. The van der Waals surface area contributed by atoms with Crippen molar-refractivity contribution in [3.63, 3.8) is 0 Å². The Balaban J connectivity index is 1.45. The van der Waals surface area contributed by atoms with Gasteiger partial charge in [-0.05, 0) is 48.9 Å². The van der Waals surface area contributed by atoms with Gasteiger partial charge in [-0.25, -0.2) is 8.78 Å². The molecule has 28 heavy (non-hydrogen) atoms. The van der Waals surface area contributed by atoms with E-state index in [4.69, 9.17) is 4.74 Å². The zero-order valence-corrected chi connectivity index (χ0v) is 15.7. The molecule has 6 heteroatoms. The molecular formula is C22H21F2N3O. The summed E-state index contributed by atoms with van der Waals surface area (Å²) in [4.78, 5) is 2.18. The zero-order chi connectivity index (χ0) is 19.7. The second-order valence-corrected chi connectivity index (χ2v) is 6.92. The molecule has 2 aromatic carbocycles. The van der Waals surface area contributed by atoms with Crippen molar-refractivity contribution in [2.75, 3.05) is 6.54 Å². The molecule has 0 saturated heterocycles. The Hall–Kier alpha value is -3.15. The molecule has 0 aliphatic carbocycles. The molecule has 4 rings (SSSR count). The molecule has 4 nitrogen and oxygen atoms in total. The van der Waals surface area contributed by atoms with Crippen molar-refractivity contribution in [3.05, 3.63) is 89.3 Å². The number of aromatic nitrogens is 2. The molecule has 3 aromatic rings. The fraction of sp³-hybridized carbons (Fsp3) is 0.227. The van der Waals surface area contributed by atoms with Crippen LogP contribution in [0.5, 0.6) is 5.75 Å². The highest BCUT2D eigenvalue weighted by Crippen LogP contribution is 2.26. The number of fused-ring (bicyclic) bond motifs is 1. The summed E-state index contributed by atoms with van der Waals surface area (Å²) in [6.07, 6.45) is 0. The van der Waals surface area contributed by atoms with Gasteiger partial charge in [0, 0.05) is 23.9 Å². The minimum Gasteiger partial charge on any atom is -0.487 e. The van der Waals surface area contributed by atoms with Crippen LogP contribution in [-0.2, 0) is 19.7 Å². The largest absolute Gasteiger partial charge is 0.487 e. The smallest absolute Gasteiger partial charge is 0.132 e. The van der Waals surface area contributed by atoms with E-state index in [0.29, 0.717) is 12.3 Å². The second-order valence-electron chi connectivity index (χ2n) is 6.92. The van der Waals surface area contributed by atoms with Crippen LogP contribution in [0.1, 0.15) is 22.5 Å². The van der Waals surface area contributed by atoms with E-state index in [1.165, 1.54) is 24.3 Å². The van der Waals surface area contributed by atoms with Gasteiger partial charge in [-0.15, -0.1) is 0 Å². The first kappa shape index (κ1) is 18.2. The lowest BCUT2D eigenvalue weighted by molar-refractivity contribution is 0.290. The summed E-state index contributed by atoms with van der Waals surface area (Å²) in [5, 5.41) is 4.58. The van der Waals surface area contributed by atoms with Gasteiger partial charge in [0.15, 0.2) is 0 Å². The number of ether oxygens (including phenoxy) is 1. The van der Waals surface area contributed by atoms with Gasteiger partial charge in [0.1, 0.15) is 29.7 Å².